The van der Waals surface area contributed by atoms with Crippen LogP contribution in [0.15, 0.2) is 54.6 Å². The summed E-state index contributed by atoms with van der Waals surface area (Å²) < 4.78 is 4.92. The molecule has 0 saturated carbocycles. The molecule has 0 spiro atoms. The zero-order chi connectivity index (χ0) is 14.1. The van der Waals surface area contributed by atoms with Crippen LogP contribution < -0.4 is 23.6 Å². The summed E-state index contributed by atoms with van der Waals surface area (Å²) in [5, 5.41) is 8.30. The second-order valence-corrected chi connectivity index (χ2v) is 3.98. The van der Waals surface area contributed by atoms with Gasteiger partial charge in [0.1, 0.15) is 5.75 Å². The third-order valence-electron chi connectivity index (χ3n) is 2.23. The van der Waals surface area contributed by atoms with Crippen molar-refractivity contribution in [1.82, 2.24) is 0 Å². The molecule has 0 unspecified atom stereocenters. The van der Waals surface area contributed by atoms with Gasteiger partial charge in [-0.15, -0.1) is 12.1 Å². The van der Waals surface area contributed by atoms with Gasteiger partial charge in [-0.3, -0.25) is 0 Å². The molecule has 0 fully saturated rings. The van der Waals surface area contributed by atoms with Gasteiger partial charge in [-0.2, -0.15) is 24.6 Å². The molecule has 0 saturated heterocycles. The minimum Gasteiger partial charge on any atom is -0.482 e. The summed E-state index contributed by atoms with van der Waals surface area (Å²) >= 11 is 0. The molecule has 20 heavy (non-hydrogen) atoms. The largest absolute Gasteiger partial charge is 1.00 e. The molecule has 0 atom stereocenters. The van der Waals surface area contributed by atoms with Crippen LogP contribution in [0.4, 0.5) is 0 Å². The number of benzene rings is 2. The van der Waals surface area contributed by atoms with E-state index in [1.807, 2.05) is 49.4 Å². The fourth-order valence-corrected chi connectivity index (χ4v) is 1.26. The molecule has 3 nitrogen and oxygen atoms in total. The molecule has 0 radical (unpaired) electrons. The van der Waals surface area contributed by atoms with Gasteiger partial charge in [0.25, 0.3) is 0 Å². The van der Waals surface area contributed by atoms with Gasteiger partial charge in [0, 0.05) is 0 Å². The van der Waals surface area contributed by atoms with Crippen molar-refractivity contribution in [1.29, 1.82) is 0 Å². The Morgan fingerprint density at radius 2 is 1.65 bits per heavy atom. The van der Waals surface area contributed by atoms with Gasteiger partial charge in [-0.25, -0.2) is 4.79 Å². The van der Waals surface area contributed by atoms with E-state index in [9.17, 15) is 4.79 Å². The van der Waals surface area contributed by atoms with Crippen LogP contribution in [0.3, 0.4) is 0 Å². The fourth-order valence-electron chi connectivity index (χ4n) is 1.26. The van der Waals surface area contributed by atoms with Gasteiger partial charge in [0.15, 0.2) is 6.61 Å². The van der Waals surface area contributed by atoms with E-state index in [4.69, 9.17) is 9.84 Å². The maximum atomic E-state index is 10.1. The number of aliphatic carboxylic acids is 1. The average molecular weight is 264 g/mol. The van der Waals surface area contributed by atoms with E-state index >= 15 is 0 Å². The van der Waals surface area contributed by atoms with Crippen LogP contribution in [0.1, 0.15) is 11.1 Å². The summed E-state index contributed by atoms with van der Waals surface area (Å²) in [4.78, 5) is 10.1. The summed E-state index contributed by atoms with van der Waals surface area (Å²) in [5.74, 6) is -0.376. The Balaban J connectivity index is 0.000000387. The molecule has 2 aromatic carbocycles. The van der Waals surface area contributed by atoms with E-state index in [2.05, 4.69) is 6.92 Å². The topological polar surface area (TPSA) is 46.5 Å². The summed E-state index contributed by atoms with van der Waals surface area (Å²) in [6, 6.07) is 17.1. The minimum atomic E-state index is -0.962. The molecule has 2 rings (SSSR count). The molecule has 1 N–H and O–H groups in total. The third kappa shape index (κ3) is 8.31. The first kappa shape index (κ1) is 18.2. The molecule has 0 aliphatic heterocycles. The fraction of sp³-hybridized carbons (Fsp3) is 0.125. The number of hydrogen-bond acceptors (Lipinski definition) is 2. The normalized spacial score (nSPS) is 8.65. The summed E-state index contributed by atoms with van der Waals surface area (Å²) in [6.45, 7) is 5.39. The predicted octanol–water partition coefficient (Wildman–Crippen LogP) is 0.331. The third-order valence-corrected chi connectivity index (χ3v) is 2.23. The molecule has 100 valence electrons. The Labute approximate surface area is 131 Å². The van der Waals surface area contributed by atoms with E-state index < -0.39 is 5.97 Å². The Bertz CT molecular complexity index is 495. The van der Waals surface area contributed by atoms with Crippen LogP contribution in [0.5, 0.6) is 5.75 Å². The van der Waals surface area contributed by atoms with Crippen molar-refractivity contribution in [3.63, 3.8) is 0 Å². The molecular formula is C16H17LiO3. The number of hydrogen-bond donors (Lipinski definition) is 1. The number of aryl methyl sites for hydroxylation is 1. The molecule has 0 bridgehead atoms. The van der Waals surface area contributed by atoms with Crippen LogP contribution in [-0.4, -0.2) is 17.7 Å². The van der Waals surface area contributed by atoms with Crippen LogP contribution in [0.25, 0.3) is 0 Å². The first-order valence-electron chi connectivity index (χ1n) is 5.86. The zero-order valence-electron chi connectivity index (χ0n) is 11.9. The maximum Gasteiger partial charge on any atom is 1.00 e. The summed E-state index contributed by atoms with van der Waals surface area (Å²) in [6.07, 6.45) is 0. The van der Waals surface area contributed by atoms with E-state index in [0.717, 1.165) is 11.1 Å². The van der Waals surface area contributed by atoms with Crippen molar-refractivity contribution in [3.8, 4) is 5.75 Å². The predicted molar refractivity (Wildman–Crippen MR) is 75.2 cm³/mol. The smallest absolute Gasteiger partial charge is 0.482 e. The zero-order valence-corrected chi connectivity index (χ0v) is 11.9. The molecule has 0 heterocycles. The van der Waals surface area contributed by atoms with Gasteiger partial charge >= 0.3 is 24.8 Å². The van der Waals surface area contributed by atoms with Crippen molar-refractivity contribution in [2.75, 3.05) is 6.61 Å². The van der Waals surface area contributed by atoms with E-state index in [0.29, 0.717) is 5.75 Å². The van der Waals surface area contributed by atoms with E-state index in [-0.39, 0.29) is 25.5 Å². The summed E-state index contributed by atoms with van der Waals surface area (Å²) in [7, 11) is 0. The van der Waals surface area contributed by atoms with Gasteiger partial charge in [-0.1, -0.05) is 23.8 Å². The average Bonchev–Trinajstić information content (AvgIpc) is 2.40. The van der Waals surface area contributed by atoms with E-state index in [1.54, 1.807) is 12.1 Å². The molecular weight excluding hydrogens is 247 g/mol. The maximum absolute atomic E-state index is 10.1. The Kier molecular flexibility index (Phi) is 9.11. The minimum absolute atomic E-state index is 0. The monoisotopic (exact) mass is 264 g/mol. The Hall–Kier alpha value is -1.82. The first-order chi connectivity index (χ1) is 9.08. The Morgan fingerprint density at radius 1 is 1.10 bits per heavy atom. The molecule has 0 aliphatic rings. The van der Waals surface area contributed by atoms with Gasteiger partial charge < -0.3 is 9.84 Å². The number of rotatable bonds is 3. The second-order valence-electron chi connectivity index (χ2n) is 3.98. The van der Waals surface area contributed by atoms with Crippen LogP contribution >= 0.6 is 0 Å². The summed E-state index contributed by atoms with van der Waals surface area (Å²) in [5.41, 5.74) is 2.19. The molecule has 4 heteroatoms. The van der Waals surface area contributed by atoms with E-state index in [1.165, 1.54) is 0 Å². The number of carbonyl (C=O) groups is 1. The van der Waals surface area contributed by atoms with Crippen molar-refractivity contribution in [2.24, 2.45) is 0 Å². The number of ether oxygens (including phenoxy) is 1. The van der Waals surface area contributed by atoms with Gasteiger partial charge in [0.2, 0.25) is 0 Å². The van der Waals surface area contributed by atoms with Crippen molar-refractivity contribution < 1.29 is 33.5 Å². The molecule has 0 amide bonds. The molecule has 2 aromatic rings. The SMILES string of the molecule is Cc1ccc(OCC(=O)O)cc1.[CH2-]c1ccccc1.[Li+]. The van der Waals surface area contributed by atoms with Gasteiger partial charge in [0.05, 0.1) is 0 Å². The van der Waals surface area contributed by atoms with Gasteiger partial charge in [-0.05, 0) is 19.1 Å². The number of carboxylic acids is 1. The van der Waals surface area contributed by atoms with Crippen molar-refractivity contribution in [2.45, 2.75) is 6.92 Å². The van der Waals surface area contributed by atoms with Crippen LogP contribution in [0.2, 0.25) is 0 Å². The van der Waals surface area contributed by atoms with Crippen molar-refractivity contribution in [3.05, 3.63) is 72.6 Å². The standard InChI is InChI=1S/C9H10O3.C7H7.Li/c1-7-2-4-8(5-3-7)12-6-9(10)11;1-7-5-3-2-4-6-7;/h2-5H,6H2,1H3,(H,10,11);2-6H,1H2;/q;-1;+1. The molecule has 0 aliphatic carbocycles. The van der Waals surface area contributed by atoms with Crippen LogP contribution in [-0.2, 0) is 4.79 Å². The first-order valence-corrected chi connectivity index (χ1v) is 5.86. The second kappa shape index (κ2) is 10.0. The number of carboxylic acid groups (broad SMARTS) is 1. The Morgan fingerprint density at radius 3 is 2.05 bits per heavy atom. The van der Waals surface area contributed by atoms with Crippen LogP contribution in [0, 0.1) is 13.8 Å². The quantitative estimate of drug-likeness (QED) is 0.642. The molecule has 0 aromatic heterocycles. The van der Waals surface area contributed by atoms with Crippen molar-refractivity contribution >= 4 is 5.97 Å².